The molecule has 6 nitrogen and oxygen atoms in total. The fourth-order valence-electron chi connectivity index (χ4n) is 3.63. The summed E-state index contributed by atoms with van der Waals surface area (Å²) in [5, 5.41) is 8.78. The number of imide groups is 1. The quantitative estimate of drug-likeness (QED) is 0.442. The van der Waals surface area contributed by atoms with Crippen LogP contribution in [0.5, 0.6) is 0 Å². The summed E-state index contributed by atoms with van der Waals surface area (Å²) in [5.74, 6) is -1.04. The Labute approximate surface area is 179 Å². The van der Waals surface area contributed by atoms with Gasteiger partial charge >= 0.3 is 0 Å². The Morgan fingerprint density at radius 2 is 1.90 bits per heavy atom. The minimum absolute atomic E-state index is 0.233. The van der Waals surface area contributed by atoms with Crippen molar-refractivity contribution in [1.29, 1.82) is 0 Å². The molecule has 1 saturated heterocycles. The predicted octanol–water partition coefficient (Wildman–Crippen LogP) is 4.40. The Kier molecular flexibility index (Phi) is 5.00. The summed E-state index contributed by atoms with van der Waals surface area (Å²) in [5.41, 5.74) is 1.31. The van der Waals surface area contributed by atoms with Gasteiger partial charge in [0, 0.05) is 12.1 Å². The van der Waals surface area contributed by atoms with Gasteiger partial charge in [-0.3, -0.25) is 18.9 Å². The maximum atomic E-state index is 13.2. The number of carbonyl (C=O) groups is 2. The second-order valence-corrected chi connectivity index (χ2v) is 9.25. The van der Waals surface area contributed by atoms with Crippen LogP contribution in [-0.4, -0.2) is 43.1 Å². The van der Waals surface area contributed by atoms with Gasteiger partial charge < -0.3 is 0 Å². The third kappa shape index (κ3) is 3.37. The van der Waals surface area contributed by atoms with E-state index in [4.69, 9.17) is 0 Å². The summed E-state index contributed by atoms with van der Waals surface area (Å²) in [6.45, 7) is 0.364. The highest BCUT2D eigenvalue weighted by molar-refractivity contribution is 8.00. The van der Waals surface area contributed by atoms with Crippen LogP contribution in [-0.2, 0) is 4.79 Å². The minimum Gasteiger partial charge on any atom is -0.278 e. The number of thioether (sulfide) groups is 1. The number of hydrogen-bond acceptors (Lipinski definition) is 6. The topological polar surface area (TPSA) is 67.6 Å². The van der Waals surface area contributed by atoms with E-state index >= 15 is 0 Å². The van der Waals surface area contributed by atoms with Crippen LogP contribution in [0.25, 0.3) is 15.2 Å². The van der Waals surface area contributed by atoms with Crippen molar-refractivity contribution in [1.82, 2.24) is 19.5 Å². The SMILES string of the molecule is O=C(c1ccc(F)cc1)N1CCCC[C@H](Sc2nnc3sc4ccccc4n23)C1=O. The molecule has 2 aromatic carbocycles. The van der Waals surface area contributed by atoms with Crippen molar-refractivity contribution in [2.75, 3.05) is 6.54 Å². The number of hydrogen-bond donors (Lipinski definition) is 0. The van der Waals surface area contributed by atoms with Gasteiger partial charge in [0.2, 0.25) is 10.9 Å². The molecule has 3 heterocycles. The molecule has 0 saturated carbocycles. The molecule has 0 aliphatic carbocycles. The molecule has 0 radical (unpaired) electrons. The van der Waals surface area contributed by atoms with Crippen LogP contribution in [0.2, 0.25) is 0 Å². The molecule has 5 rings (SSSR count). The molecular formula is C21H17FN4O2S2. The average Bonchev–Trinajstić information content (AvgIpc) is 3.26. The lowest BCUT2D eigenvalue weighted by atomic mass is 10.2. The van der Waals surface area contributed by atoms with Crippen LogP contribution < -0.4 is 0 Å². The summed E-state index contributed by atoms with van der Waals surface area (Å²) in [7, 11) is 0. The number of nitrogens with zero attached hydrogens (tertiary/aromatic N) is 4. The predicted molar refractivity (Wildman–Crippen MR) is 114 cm³/mol. The Morgan fingerprint density at radius 1 is 1.10 bits per heavy atom. The second kappa shape index (κ2) is 7.81. The van der Waals surface area contributed by atoms with Gasteiger partial charge in [-0.15, -0.1) is 10.2 Å². The van der Waals surface area contributed by atoms with Crippen molar-refractivity contribution in [3.05, 3.63) is 59.9 Å². The first-order chi connectivity index (χ1) is 14.6. The van der Waals surface area contributed by atoms with Crippen molar-refractivity contribution < 1.29 is 14.0 Å². The molecule has 1 aliphatic rings. The highest BCUT2D eigenvalue weighted by Crippen LogP contribution is 2.34. The number of carbonyl (C=O) groups excluding carboxylic acids is 2. The molecule has 1 atom stereocenters. The number of amides is 2. The standard InChI is InChI=1S/C21H17FN4O2S2/c22-14-10-8-13(9-11-14)18(27)25-12-4-3-7-17(19(25)28)30-21-24-23-20-26(21)15-5-1-2-6-16(15)29-20/h1-2,5-6,8-11,17H,3-4,7,12H2/t17-/m0/s1. The van der Waals surface area contributed by atoms with Crippen LogP contribution in [0.1, 0.15) is 29.6 Å². The van der Waals surface area contributed by atoms with E-state index in [9.17, 15) is 14.0 Å². The zero-order valence-electron chi connectivity index (χ0n) is 15.8. The summed E-state index contributed by atoms with van der Waals surface area (Å²) < 4.78 is 16.3. The summed E-state index contributed by atoms with van der Waals surface area (Å²) in [4.78, 5) is 28.2. The highest BCUT2D eigenvalue weighted by Gasteiger charge is 2.33. The molecule has 4 aromatic rings. The van der Waals surface area contributed by atoms with Gasteiger partial charge in [-0.1, -0.05) is 41.7 Å². The summed E-state index contributed by atoms with van der Waals surface area (Å²) in [6.07, 6.45) is 2.24. The second-order valence-electron chi connectivity index (χ2n) is 7.07. The van der Waals surface area contributed by atoms with Gasteiger partial charge in [-0.25, -0.2) is 4.39 Å². The molecule has 0 N–H and O–H groups in total. The number of fused-ring (bicyclic) bond motifs is 3. The number of rotatable bonds is 3. The van der Waals surface area contributed by atoms with Gasteiger partial charge in [-0.05, 0) is 49.2 Å². The van der Waals surface area contributed by atoms with Gasteiger partial charge in [0.15, 0.2) is 5.16 Å². The first kappa shape index (κ1) is 19.2. The molecule has 0 unspecified atom stereocenters. The normalized spacial score (nSPS) is 17.6. The molecule has 2 amide bonds. The number of para-hydroxylation sites is 1. The maximum absolute atomic E-state index is 13.2. The van der Waals surface area contributed by atoms with Crippen LogP contribution in [0.4, 0.5) is 4.39 Å². The van der Waals surface area contributed by atoms with Gasteiger partial charge in [0.1, 0.15) is 5.82 Å². The van der Waals surface area contributed by atoms with E-state index in [1.807, 2.05) is 28.7 Å². The Balaban J connectivity index is 1.44. The third-order valence-corrected chi connectivity index (χ3v) is 7.34. The van der Waals surface area contributed by atoms with E-state index in [-0.39, 0.29) is 11.8 Å². The fourth-order valence-corrected chi connectivity index (χ4v) is 5.79. The molecule has 1 aliphatic heterocycles. The van der Waals surface area contributed by atoms with E-state index in [0.29, 0.717) is 23.7 Å². The van der Waals surface area contributed by atoms with E-state index in [1.54, 1.807) is 11.3 Å². The summed E-state index contributed by atoms with van der Waals surface area (Å²) in [6, 6.07) is 13.3. The number of benzene rings is 2. The van der Waals surface area contributed by atoms with Crippen molar-refractivity contribution in [3.63, 3.8) is 0 Å². The number of thiazole rings is 1. The van der Waals surface area contributed by atoms with Gasteiger partial charge in [0.05, 0.1) is 15.5 Å². The number of aromatic nitrogens is 3. The van der Waals surface area contributed by atoms with Gasteiger partial charge in [-0.2, -0.15) is 0 Å². The molecule has 152 valence electrons. The molecule has 2 aromatic heterocycles. The molecule has 9 heteroatoms. The van der Waals surface area contributed by atoms with E-state index in [0.717, 1.165) is 28.0 Å². The van der Waals surface area contributed by atoms with Crippen LogP contribution in [0.15, 0.2) is 53.7 Å². The lowest BCUT2D eigenvalue weighted by Crippen LogP contribution is -2.41. The average molecular weight is 441 g/mol. The first-order valence-corrected chi connectivity index (χ1v) is 11.3. The Hall–Kier alpha value is -2.78. The number of halogens is 1. The lowest BCUT2D eigenvalue weighted by molar-refractivity contribution is -0.127. The van der Waals surface area contributed by atoms with Crippen molar-refractivity contribution in [2.24, 2.45) is 0 Å². The number of likely N-dealkylation sites (tertiary alicyclic amines) is 1. The molecule has 0 spiro atoms. The monoisotopic (exact) mass is 440 g/mol. The summed E-state index contributed by atoms with van der Waals surface area (Å²) >= 11 is 2.90. The third-order valence-electron chi connectivity index (χ3n) is 5.13. The zero-order valence-corrected chi connectivity index (χ0v) is 17.5. The van der Waals surface area contributed by atoms with E-state index in [1.165, 1.54) is 40.9 Å². The van der Waals surface area contributed by atoms with Crippen LogP contribution >= 0.6 is 23.1 Å². The Morgan fingerprint density at radius 3 is 2.73 bits per heavy atom. The molecular weight excluding hydrogens is 423 g/mol. The molecule has 0 bridgehead atoms. The molecule has 1 fully saturated rings. The van der Waals surface area contributed by atoms with Crippen molar-refractivity contribution in [2.45, 2.75) is 29.7 Å². The van der Waals surface area contributed by atoms with E-state index < -0.39 is 11.1 Å². The highest BCUT2D eigenvalue weighted by atomic mass is 32.2. The van der Waals surface area contributed by atoms with Crippen molar-refractivity contribution >= 4 is 50.1 Å². The smallest absolute Gasteiger partial charge is 0.260 e. The van der Waals surface area contributed by atoms with Crippen LogP contribution in [0, 0.1) is 5.82 Å². The lowest BCUT2D eigenvalue weighted by Gasteiger charge is -2.22. The Bertz CT molecular complexity index is 1250. The zero-order chi connectivity index (χ0) is 20.7. The maximum Gasteiger partial charge on any atom is 0.260 e. The minimum atomic E-state index is -0.428. The van der Waals surface area contributed by atoms with E-state index in [2.05, 4.69) is 10.2 Å². The molecule has 30 heavy (non-hydrogen) atoms. The first-order valence-electron chi connectivity index (χ1n) is 9.62. The van der Waals surface area contributed by atoms with Crippen LogP contribution in [0.3, 0.4) is 0 Å². The largest absolute Gasteiger partial charge is 0.278 e. The van der Waals surface area contributed by atoms with Crippen molar-refractivity contribution in [3.8, 4) is 0 Å². The van der Waals surface area contributed by atoms with Gasteiger partial charge in [0.25, 0.3) is 5.91 Å². The fraction of sp³-hybridized carbons (Fsp3) is 0.238.